The van der Waals surface area contributed by atoms with Crippen molar-refractivity contribution in [3.63, 3.8) is 0 Å². The van der Waals surface area contributed by atoms with Crippen LogP contribution in [0.4, 0.5) is 18.3 Å². The Morgan fingerprint density at radius 2 is 1.68 bits per heavy atom. The number of carbonyl (C=O) groups excluding carboxylic acids is 2. The smallest absolute Gasteiger partial charge is 0.257 e. The number of aromatic nitrogens is 1. The van der Waals surface area contributed by atoms with E-state index < -0.39 is 29.3 Å². The van der Waals surface area contributed by atoms with Crippen LogP contribution in [-0.2, 0) is 17.8 Å². The third kappa shape index (κ3) is 4.95. The zero-order valence-electron chi connectivity index (χ0n) is 14.3. The summed E-state index contributed by atoms with van der Waals surface area (Å²) in [4.78, 5) is 28.2. The highest BCUT2D eigenvalue weighted by Crippen LogP contribution is 2.17. The summed E-state index contributed by atoms with van der Waals surface area (Å²) >= 11 is 1.12. The van der Waals surface area contributed by atoms with Crippen LogP contribution in [0.1, 0.15) is 21.6 Å². The molecule has 1 aromatic heterocycles. The molecule has 9 heteroatoms. The molecule has 5 nitrogen and oxygen atoms in total. The number of hydrogen-bond acceptors (Lipinski definition) is 4. The standard InChI is InChI=1S/C19H14F3N3O2S/c20-12-6-4-11(5-7-12)18(27)25-19-24-13(10-28-19)8-17(26)23-9-14-15(21)2-1-3-16(14)22/h1-7,10H,8-9H2,(H,23,26)(H,24,25,27). The van der Waals surface area contributed by atoms with Crippen LogP contribution in [0.2, 0.25) is 0 Å². The van der Waals surface area contributed by atoms with Gasteiger partial charge in [0.15, 0.2) is 5.13 Å². The van der Waals surface area contributed by atoms with Crippen molar-refractivity contribution in [3.8, 4) is 0 Å². The third-order valence-corrected chi connectivity index (χ3v) is 4.55. The van der Waals surface area contributed by atoms with Crippen LogP contribution < -0.4 is 10.6 Å². The summed E-state index contributed by atoms with van der Waals surface area (Å²) in [5.41, 5.74) is 0.440. The number of nitrogens with zero attached hydrogens (tertiary/aromatic N) is 1. The minimum atomic E-state index is -0.736. The minimum absolute atomic E-state index is 0.112. The van der Waals surface area contributed by atoms with Gasteiger partial charge in [0, 0.05) is 23.1 Å². The molecule has 0 aliphatic carbocycles. The first-order valence-electron chi connectivity index (χ1n) is 8.13. The quantitative estimate of drug-likeness (QED) is 0.657. The second-order valence-corrected chi connectivity index (χ2v) is 6.62. The Balaban J connectivity index is 1.54. The highest BCUT2D eigenvalue weighted by atomic mass is 32.1. The molecule has 2 N–H and O–H groups in total. The number of benzene rings is 2. The fraction of sp³-hybridized carbons (Fsp3) is 0.105. The lowest BCUT2D eigenvalue weighted by Gasteiger charge is -2.06. The van der Waals surface area contributed by atoms with Gasteiger partial charge in [-0.1, -0.05) is 6.07 Å². The summed E-state index contributed by atoms with van der Waals surface area (Å²) in [5, 5.41) is 6.85. The van der Waals surface area contributed by atoms with Crippen molar-refractivity contribution < 1.29 is 22.8 Å². The second-order valence-electron chi connectivity index (χ2n) is 5.76. The molecular formula is C19H14F3N3O2S. The average Bonchev–Trinajstić information content (AvgIpc) is 3.08. The summed E-state index contributed by atoms with van der Waals surface area (Å²) < 4.78 is 40.0. The molecule has 144 valence electrons. The predicted octanol–water partition coefficient (Wildman–Crippen LogP) is 3.67. The molecule has 0 unspecified atom stereocenters. The SMILES string of the molecule is O=C(Cc1csc(NC(=O)c2ccc(F)cc2)n1)NCc1c(F)cccc1F. The van der Waals surface area contributed by atoms with Crippen LogP contribution in [0.25, 0.3) is 0 Å². The van der Waals surface area contributed by atoms with E-state index >= 15 is 0 Å². The molecule has 0 spiro atoms. The van der Waals surface area contributed by atoms with Crippen LogP contribution in [0.5, 0.6) is 0 Å². The maximum absolute atomic E-state index is 13.6. The number of rotatable bonds is 6. The van der Waals surface area contributed by atoms with Gasteiger partial charge in [0.1, 0.15) is 17.5 Å². The molecule has 0 fully saturated rings. The van der Waals surface area contributed by atoms with Gasteiger partial charge in [0.25, 0.3) is 5.91 Å². The van der Waals surface area contributed by atoms with Crippen LogP contribution in [0.3, 0.4) is 0 Å². The van der Waals surface area contributed by atoms with Crippen molar-refractivity contribution in [1.29, 1.82) is 0 Å². The zero-order chi connectivity index (χ0) is 20.1. The minimum Gasteiger partial charge on any atom is -0.351 e. The van der Waals surface area contributed by atoms with E-state index in [1.807, 2.05) is 0 Å². The Labute approximate surface area is 162 Å². The van der Waals surface area contributed by atoms with Crippen LogP contribution in [0.15, 0.2) is 47.8 Å². The first-order valence-corrected chi connectivity index (χ1v) is 9.01. The number of thiazole rings is 1. The van der Waals surface area contributed by atoms with E-state index in [1.54, 1.807) is 5.38 Å². The summed E-state index contributed by atoms with van der Waals surface area (Å²) in [5.74, 6) is -2.85. The topological polar surface area (TPSA) is 71.1 Å². The van der Waals surface area contributed by atoms with E-state index in [2.05, 4.69) is 15.6 Å². The summed E-state index contributed by atoms with van der Waals surface area (Å²) in [6.07, 6.45) is -0.112. The highest BCUT2D eigenvalue weighted by Gasteiger charge is 2.13. The van der Waals surface area contributed by atoms with E-state index in [1.165, 1.54) is 30.3 Å². The number of halogens is 3. The van der Waals surface area contributed by atoms with E-state index in [9.17, 15) is 22.8 Å². The first kappa shape index (κ1) is 19.6. The molecule has 2 aromatic carbocycles. The van der Waals surface area contributed by atoms with Gasteiger partial charge < -0.3 is 5.32 Å². The summed E-state index contributed by atoms with van der Waals surface area (Å²) in [6, 6.07) is 8.49. The van der Waals surface area contributed by atoms with E-state index in [0.29, 0.717) is 5.69 Å². The molecule has 1 heterocycles. The number of anilines is 1. The Morgan fingerprint density at radius 1 is 1.00 bits per heavy atom. The van der Waals surface area contributed by atoms with Crippen molar-refractivity contribution in [2.75, 3.05) is 5.32 Å². The molecule has 0 bridgehead atoms. The molecule has 28 heavy (non-hydrogen) atoms. The van der Waals surface area contributed by atoms with E-state index in [-0.39, 0.29) is 29.2 Å². The van der Waals surface area contributed by atoms with Crippen LogP contribution >= 0.6 is 11.3 Å². The molecule has 3 rings (SSSR count). The Hall–Kier alpha value is -3.20. The van der Waals surface area contributed by atoms with Crippen LogP contribution in [-0.4, -0.2) is 16.8 Å². The number of carbonyl (C=O) groups is 2. The molecule has 0 saturated carbocycles. The van der Waals surface area contributed by atoms with Crippen molar-refractivity contribution in [3.05, 3.63) is 82.1 Å². The fourth-order valence-corrected chi connectivity index (χ4v) is 3.04. The maximum Gasteiger partial charge on any atom is 0.257 e. The Kier molecular flexibility index (Phi) is 6.05. The molecule has 0 aliphatic heterocycles. The summed E-state index contributed by atoms with van der Waals surface area (Å²) in [7, 11) is 0. The lowest BCUT2D eigenvalue weighted by Crippen LogP contribution is -2.25. The lowest BCUT2D eigenvalue weighted by molar-refractivity contribution is -0.120. The van der Waals surface area contributed by atoms with Crippen LogP contribution in [0, 0.1) is 17.5 Å². The second kappa shape index (κ2) is 8.66. The van der Waals surface area contributed by atoms with Crippen molar-refractivity contribution in [2.24, 2.45) is 0 Å². The van der Waals surface area contributed by atoms with Gasteiger partial charge >= 0.3 is 0 Å². The van der Waals surface area contributed by atoms with E-state index in [0.717, 1.165) is 23.5 Å². The van der Waals surface area contributed by atoms with Gasteiger partial charge in [-0.25, -0.2) is 18.2 Å². The Morgan fingerprint density at radius 3 is 2.36 bits per heavy atom. The van der Waals surface area contributed by atoms with E-state index in [4.69, 9.17) is 0 Å². The van der Waals surface area contributed by atoms with Gasteiger partial charge in [-0.15, -0.1) is 11.3 Å². The fourth-order valence-electron chi connectivity index (χ4n) is 2.33. The van der Waals surface area contributed by atoms with Gasteiger partial charge in [0.05, 0.1) is 12.1 Å². The van der Waals surface area contributed by atoms with Crippen molar-refractivity contribution in [2.45, 2.75) is 13.0 Å². The average molecular weight is 405 g/mol. The molecule has 0 atom stereocenters. The molecule has 3 aromatic rings. The maximum atomic E-state index is 13.6. The van der Waals surface area contributed by atoms with Crippen molar-refractivity contribution in [1.82, 2.24) is 10.3 Å². The summed E-state index contributed by atoms with van der Waals surface area (Å²) in [6.45, 7) is -0.282. The first-order chi connectivity index (χ1) is 13.4. The number of amides is 2. The van der Waals surface area contributed by atoms with Gasteiger partial charge in [-0.2, -0.15) is 0 Å². The normalized spacial score (nSPS) is 10.5. The third-order valence-electron chi connectivity index (χ3n) is 3.74. The molecular weight excluding hydrogens is 391 g/mol. The lowest BCUT2D eigenvalue weighted by atomic mass is 10.2. The van der Waals surface area contributed by atoms with Gasteiger partial charge in [-0.3, -0.25) is 14.9 Å². The van der Waals surface area contributed by atoms with Crippen molar-refractivity contribution >= 4 is 28.3 Å². The number of hydrogen-bond donors (Lipinski definition) is 2. The molecule has 0 saturated heterocycles. The Bertz CT molecular complexity index is 986. The molecule has 0 aliphatic rings. The predicted molar refractivity (Wildman–Crippen MR) is 98.4 cm³/mol. The molecule has 0 radical (unpaired) electrons. The zero-order valence-corrected chi connectivity index (χ0v) is 15.2. The number of nitrogens with one attached hydrogen (secondary N) is 2. The van der Waals surface area contributed by atoms with Gasteiger partial charge in [0.2, 0.25) is 5.91 Å². The highest BCUT2D eigenvalue weighted by molar-refractivity contribution is 7.14. The van der Waals surface area contributed by atoms with Gasteiger partial charge in [-0.05, 0) is 36.4 Å². The monoisotopic (exact) mass is 405 g/mol. The largest absolute Gasteiger partial charge is 0.351 e. The molecule has 2 amide bonds.